The van der Waals surface area contributed by atoms with Gasteiger partial charge in [-0.25, -0.2) is 8.78 Å². The number of ether oxygens (including phenoxy) is 3. The molecule has 5 heteroatoms. The molecule has 0 atom stereocenters. The lowest BCUT2D eigenvalue weighted by Gasteiger charge is -2.29. The van der Waals surface area contributed by atoms with Crippen LogP contribution in [-0.4, -0.2) is 33.2 Å². The summed E-state index contributed by atoms with van der Waals surface area (Å²) in [6.07, 6.45) is 2.63. The Kier molecular flexibility index (Phi) is 7.28. The van der Waals surface area contributed by atoms with Crippen LogP contribution in [0.5, 0.6) is 0 Å². The Morgan fingerprint density at radius 3 is 2.35 bits per heavy atom. The van der Waals surface area contributed by atoms with E-state index in [-0.39, 0.29) is 17.9 Å². The first kappa shape index (κ1) is 21.9. The van der Waals surface area contributed by atoms with E-state index in [1.807, 2.05) is 30.3 Å². The lowest BCUT2D eigenvalue weighted by atomic mass is 9.98. The van der Waals surface area contributed by atoms with E-state index in [0.717, 1.165) is 29.4 Å². The van der Waals surface area contributed by atoms with Gasteiger partial charge in [-0.1, -0.05) is 42.5 Å². The number of aryl methyl sites for hydroxylation is 3. The van der Waals surface area contributed by atoms with Crippen LogP contribution in [0, 0.1) is 17.6 Å². The smallest absolute Gasteiger partial charge is 0.157 e. The minimum atomic E-state index is -0.256. The summed E-state index contributed by atoms with van der Waals surface area (Å²) in [6.45, 7) is 1.96. The number of fused-ring (bicyclic) bond motifs is 1. The Morgan fingerprint density at radius 2 is 1.61 bits per heavy atom. The third kappa shape index (κ3) is 5.67. The molecule has 1 aliphatic heterocycles. The summed E-state index contributed by atoms with van der Waals surface area (Å²) in [4.78, 5) is 0. The van der Waals surface area contributed by atoms with Gasteiger partial charge >= 0.3 is 0 Å². The highest BCUT2D eigenvalue weighted by Crippen LogP contribution is 2.25. The Bertz CT molecular complexity index is 995. The van der Waals surface area contributed by atoms with Gasteiger partial charge in [0.05, 0.1) is 19.8 Å². The third-order valence-electron chi connectivity index (χ3n) is 5.80. The van der Waals surface area contributed by atoms with Gasteiger partial charge in [-0.2, -0.15) is 0 Å². The molecule has 0 bridgehead atoms. The lowest BCUT2D eigenvalue weighted by molar-refractivity contribution is -0.208. The van der Waals surface area contributed by atoms with E-state index in [2.05, 4.69) is 0 Å². The number of benzene rings is 3. The first-order valence-corrected chi connectivity index (χ1v) is 10.8. The fraction of sp³-hybridized carbons (Fsp3) is 0.385. The van der Waals surface area contributed by atoms with Crippen LogP contribution in [0.2, 0.25) is 0 Å². The predicted octanol–water partition coefficient (Wildman–Crippen LogP) is 5.47. The number of methoxy groups -OCH3 is 1. The Balaban J connectivity index is 1.36. The summed E-state index contributed by atoms with van der Waals surface area (Å²) in [5.41, 5.74) is 2.81. The summed E-state index contributed by atoms with van der Waals surface area (Å²) in [5.74, 6) is -0.134. The van der Waals surface area contributed by atoms with Gasteiger partial charge in [-0.3, -0.25) is 0 Å². The molecule has 164 valence electrons. The molecule has 0 aliphatic carbocycles. The molecule has 0 amide bonds. The average molecular weight is 427 g/mol. The van der Waals surface area contributed by atoms with Crippen molar-refractivity contribution in [1.82, 2.24) is 0 Å². The summed E-state index contributed by atoms with van der Waals surface area (Å²) in [7, 11) is 1.68. The Hall–Kier alpha value is -2.34. The van der Waals surface area contributed by atoms with Gasteiger partial charge in [0.25, 0.3) is 0 Å². The van der Waals surface area contributed by atoms with Crippen molar-refractivity contribution in [2.45, 2.75) is 32.0 Å². The summed E-state index contributed by atoms with van der Waals surface area (Å²) in [5, 5.41) is 1.53. The maximum Gasteiger partial charge on any atom is 0.157 e. The minimum absolute atomic E-state index is 0.172. The highest BCUT2D eigenvalue weighted by molar-refractivity contribution is 5.84. The van der Waals surface area contributed by atoms with Crippen LogP contribution in [0.4, 0.5) is 8.78 Å². The zero-order valence-corrected chi connectivity index (χ0v) is 17.8. The second kappa shape index (κ2) is 10.3. The molecular weight excluding hydrogens is 398 g/mol. The molecule has 1 heterocycles. The van der Waals surface area contributed by atoms with Crippen molar-refractivity contribution in [2.24, 2.45) is 5.92 Å². The van der Waals surface area contributed by atoms with Gasteiger partial charge < -0.3 is 14.2 Å². The molecule has 3 aromatic carbocycles. The normalized spacial score (nSPS) is 19.1. The molecule has 0 unspecified atom stereocenters. The van der Waals surface area contributed by atoms with Crippen LogP contribution in [0.15, 0.2) is 54.6 Å². The van der Waals surface area contributed by atoms with E-state index in [0.29, 0.717) is 49.5 Å². The average Bonchev–Trinajstić information content (AvgIpc) is 2.79. The maximum atomic E-state index is 15.0. The molecule has 3 nitrogen and oxygen atoms in total. The number of halogens is 2. The quantitative estimate of drug-likeness (QED) is 0.478. The molecule has 0 N–H and O–H groups in total. The molecule has 3 aromatic rings. The topological polar surface area (TPSA) is 27.7 Å². The standard InChI is InChI=1S/C26H28F2O3/c1-29-15-20-16-30-25(31-17-20)13-6-19-5-12-24-22(14-19)9-8-21(26(24)28)7-2-18-3-10-23(27)11-4-18/h3-5,8-12,14,20,25H,2,6-7,13,15-17H2,1H3. The lowest BCUT2D eigenvalue weighted by Crippen LogP contribution is -2.34. The molecule has 31 heavy (non-hydrogen) atoms. The van der Waals surface area contributed by atoms with Crippen molar-refractivity contribution in [3.8, 4) is 0 Å². The van der Waals surface area contributed by atoms with Crippen molar-refractivity contribution < 1.29 is 23.0 Å². The summed E-state index contributed by atoms with van der Waals surface area (Å²) in [6, 6.07) is 16.1. The molecule has 0 aromatic heterocycles. The zero-order chi connectivity index (χ0) is 21.6. The van der Waals surface area contributed by atoms with E-state index in [4.69, 9.17) is 14.2 Å². The van der Waals surface area contributed by atoms with Gasteiger partial charge in [0, 0.05) is 24.8 Å². The zero-order valence-electron chi connectivity index (χ0n) is 17.8. The van der Waals surface area contributed by atoms with Crippen molar-refractivity contribution in [3.05, 3.63) is 82.9 Å². The van der Waals surface area contributed by atoms with E-state index >= 15 is 4.39 Å². The maximum absolute atomic E-state index is 15.0. The molecule has 0 radical (unpaired) electrons. The number of hydrogen-bond donors (Lipinski definition) is 0. The predicted molar refractivity (Wildman–Crippen MR) is 117 cm³/mol. The highest BCUT2D eigenvalue weighted by atomic mass is 19.1. The first-order chi connectivity index (χ1) is 15.1. The molecule has 4 rings (SSSR count). The first-order valence-electron chi connectivity index (χ1n) is 10.8. The van der Waals surface area contributed by atoms with Gasteiger partial charge in [0.15, 0.2) is 6.29 Å². The van der Waals surface area contributed by atoms with Crippen molar-refractivity contribution >= 4 is 10.8 Å². The van der Waals surface area contributed by atoms with E-state index in [1.165, 1.54) is 12.1 Å². The minimum Gasteiger partial charge on any atom is -0.384 e. The molecule has 1 fully saturated rings. The van der Waals surface area contributed by atoms with Crippen LogP contribution in [0.3, 0.4) is 0 Å². The van der Waals surface area contributed by atoms with Crippen molar-refractivity contribution in [1.29, 1.82) is 0 Å². The van der Waals surface area contributed by atoms with Gasteiger partial charge in [0.1, 0.15) is 11.6 Å². The molecule has 1 aliphatic rings. The van der Waals surface area contributed by atoms with Crippen LogP contribution in [0.25, 0.3) is 10.8 Å². The molecule has 1 saturated heterocycles. The van der Waals surface area contributed by atoms with Crippen LogP contribution < -0.4 is 0 Å². The molecular formula is C26H28F2O3. The fourth-order valence-corrected chi connectivity index (χ4v) is 4.03. The van der Waals surface area contributed by atoms with Gasteiger partial charge in [-0.15, -0.1) is 0 Å². The van der Waals surface area contributed by atoms with E-state index in [1.54, 1.807) is 19.2 Å². The van der Waals surface area contributed by atoms with E-state index < -0.39 is 0 Å². The van der Waals surface area contributed by atoms with Crippen molar-refractivity contribution in [2.75, 3.05) is 26.9 Å². The molecule has 0 saturated carbocycles. The SMILES string of the molecule is COCC1COC(CCc2ccc3c(F)c(CCc4ccc(F)cc4)ccc3c2)OC1. The van der Waals surface area contributed by atoms with Crippen LogP contribution in [-0.2, 0) is 33.5 Å². The number of rotatable bonds is 8. The largest absolute Gasteiger partial charge is 0.384 e. The fourth-order valence-electron chi connectivity index (χ4n) is 4.03. The summed E-state index contributed by atoms with van der Waals surface area (Å²) >= 11 is 0. The monoisotopic (exact) mass is 426 g/mol. The van der Waals surface area contributed by atoms with Crippen LogP contribution in [0.1, 0.15) is 23.1 Å². The summed E-state index contributed by atoms with van der Waals surface area (Å²) < 4.78 is 44.8. The third-order valence-corrected chi connectivity index (χ3v) is 5.80. The van der Waals surface area contributed by atoms with Crippen LogP contribution >= 0.6 is 0 Å². The Labute approximate surface area is 181 Å². The Morgan fingerprint density at radius 1 is 0.871 bits per heavy atom. The highest BCUT2D eigenvalue weighted by Gasteiger charge is 2.22. The number of hydrogen-bond acceptors (Lipinski definition) is 3. The molecule has 0 spiro atoms. The van der Waals surface area contributed by atoms with Gasteiger partial charge in [0.2, 0.25) is 0 Å². The second-order valence-corrected chi connectivity index (χ2v) is 8.18. The second-order valence-electron chi connectivity index (χ2n) is 8.18. The van der Waals surface area contributed by atoms with E-state index in [9.17, 15) is 4.39 Å². The van der Waals surface area contributed by atoms with Crippen molar-refractivity contribution in [3.63, 3.8) is 0 Å². The van der Waals surface area contributed by atoms with Gasteiger partial charge in [-0.05, 0) is 53.5 Å².